The highest BCUT2D eigenvalue weighted by molar-refractivity contribution is 7.86. The zero-order valence-corrected chi connectivity index (χ0v) is 12.0. The Bertz CT molecular complexity index is 675. The Morgan fingerprint density at radius 3 is 2.68 bits per heavy atom. The van der Waals surface area contributed by atoms with Crippen molar-refractivity contribution in [1.82, 2.24) is 4.57 Å². The normalized spacial score (nSPS) is 13.6. The number of fused-ring (bicyclic) bond motifs is 1. The summed E-state index contributed by atoms with van der Waals surface area (Å²) >= 11 is 0. The number of nitrogens with zero attached hydrogens (tertiary/aromatic N) is 1. The van der Waals surface area contributed by atoms with Crippen LogP contribution in [0, 0.1) is 0 Å². The van der Waals surface area contributed by atoms with Crippen LogP contribution in [0.1, 0.15) is 6.92 Å². The van der Waals surface area contributed by atoms with Crippen LogP contribution in [-0.4, -0.2) is 32.5 Å². The summed E-state index contributed by atoms with van der Waals surface area (Å²) in [4.78, 5) is 0. The molecule has 1 unspecified atom stereocenters. The summed E-state index contributed by atoms with van der Waals surface area (Å²) in [6.07, 6.45) is 2.53. The quantitative estimate of drug-likeness (QED) is 0.788. The fourth-order valence-corrected chi connectivity index (χ4v) is 2.80. The van der Waals surface area contributed by atoms with Gasteiger partial charge in [0, 0.05) is 11.6 Å². The van der Waals surface area contributed by atoms with Crippen LogP contribution in [0.2, 0.25) is 0 Å². The maximum Gasteiger partial charge on any atom is 0.264 e. The van der Waals surface area contributed by atoms with Crippen molar-refractivity contribution in [2.45, 2.75) is 19.6 Å². The highest BCUT2D eigenvalue weighted by Crippen LogP contribution is 2.26. The van der Waals surface area contributed by atoms with Crippen LogP contribution >= 0.6 is 0 Å². The van der Waals surface area contributed by atoms with Gasteiger partial charge in [-0.3, -0.25) is 4.18 Å². The van der Waals surface area contributed by atoms with Gasteiger partial charge in [0.05, 0.1) is 31.5 Å². The number of hydrogen-bond acceptors (Lipinski definition) is 4. The first-order chi connectivity index (χ1) is 8.90. The summed E-state index contributed by atoms with van der Waals surface area (Å²) < 4.78 is 34.3. The number of benzene rings is 1. The fourth-order valence-electron chi connectivity index (χ4n) is 2.14. The molecule has 0 spiro atoms. The molecular formula is C13H17NO4S. The molecule has 0 fully saturated rings. The van der Waals surface area contributed by atoms with Gasteiger partial charge in [-0.25, -0.2) is 0 Å². The van der Waals surface area contributed by atoms with E-state index in [4.69, 9.17) is 8.92 Å². The summed E-state index contributed by atoms with van der Waals surface area (Å²) in [5.41, 5.74) is 0.989. The van der Waals surface area contributed by atoms with Crippen molar-refractivity contribution in [3.8, 4) is 5.75 Å². The van der Waals surface area contributed by atoms with E-state index in [0.29, 0.717) is 6.54 Å². The van der Waals surface area contributed by atoms with Gasteiger partial charge in [0.15, 0.2) is 0 Å². The Morgan fingerprint density at radius 1 is 1.32 bits per heavy atom. The minimum Gasteiger partial charge on any atom is -0.496 e. The monoisotopic (exact) mass is 283 g/mol. The molecule has 0 aliphatic rings. The van der Waals surface area contributed by atoms with Gasteiger partial charge in [-0.05, 0) is 25.1 Å². The van der Waals surface area contributed by atoms with Crippen LogP contribution in [0.5, 0.6) is 5.75 Å². The van der Waals surface area contributed by atoms with Gasteiger partial charge in [-0.1, -0.05) is 6.07 Å². The van der Waals surface area contributed by atoms with Crippen molar-refractivity contribution in [1.29, 1.82) is 0 Å². The molecule has 0 N–H and O–H groups in total. The van der Waals surface area contributed by atoms with E-state index in [2.05, 4.69) is 0 Å². The first-order valence-electron chi connectivity index (χ1n) is 5.91. The van der Waals surface area contributed by atoms with Gasteiger partial charge in [0.25, 0.3) is 10.1 Å². The molecule has 0 aliphatic carbocycles. The van der Waals surface area contributed by atoms with Gasteiger partial charge in [0.2, 0.25) is 0 Å². The van der Waals surface area contributed by atoms with Crippen molar-refractivity contribution < 1.29 is 17.3 Å². The third kappa shape index (κ3) is 3.27. The highest BCUT2D eigenvalue weighted by Gasteiger charge is 2.13. The zero-order chi connectivity index (χ0) is 14.0. The maximum atomic E-state index is 11.1. The second kappa shape index (κ2) is 5.22. The van der Waals surface area contributed by atoms with E-state index in [0.717, 1.165) is 22.9 Å². The zero-order valence-electron chi connectivity index (χ0n) is 11.2. The molecule has 0 radical (unpaired) electrons. The van der Waals surface area contributed by atoms with E-state index in [-0.39, 0.29) is 0 Å². The molecule has 104 valence electrons. The van der Waals surface area contributed by atoms with Crippen LogP contribution in [-0.2, 0) is 20.8 Å². The lowest BCUT2D eigenvalue weighted by Crippen LogP contribution is -2.19. The van der Waals surface area contributed by atoms with Crippen molar-refractivity contribution >= 4 is 21.0 Å². The average Bonchev–Trinajstić information content (AvgIpc) is 2.70. The molecule has 0 amide bonds. The number of methoxy groups -OCH3 is 1. The van der Waals surface area contributed by atoms with Crippen molar-refractivity contribution in [3.05, 3.63) is 30.5 Å². The molecule has 1 aromatic heterocycles. The summed E-state index contributed by atoms with van der Waals surface area (Å²) in [6.45, 7) is 2.19. The Kier molecular flexibility index (Phi) is 3.82. The van der Waals surface area contributed by atoms with E-state index < -0.39 is 16.2 Å². The summed E-state index contributed by atoms with van der Waals surface area (Å²) in [6, 6.07) is 7.70. The number of ether oxygens (including phenoxy) is 1. The lowest BCUT2D eigenvalue weighted by atomic mass is 10.2. The van der Waals surface area contributed by atoms with Crippen LogP contribution in [0.4, 0.5) is 0 Å². The highest BCUT2D eigenvalue weighted by atomic mass is 32.2. The summed E-state index contributed by atoms with van der Waals surface area (Å²) in [5.74, 6) is 0.799. The van der Waals surface area contributed by atoms with Gasteiger partial charge in [-0.15, -0.1) is 0 Å². The van der Waals surface area contributed by atoms with Crippen LogP contribution in [0.15, 0.2) is 30.5 Å². The topological polar surface area (TPSA) is 57.5 Å². The third-order valence-electron chi connectivity index (χ3n) is 2.79. The van der Waals surface area contributed by atoms with Gasteiger partial charge in [-0.2, -0.15) is 8.42 Å². The van der Waals surface area contributed by atoms with E-state index >= 15 is 0 Å². The molecular weight excluding hydrogens is 266 g/mol. The first kappa shape index (κ1) is 13.9. The predicted octanol–water partition coefficient (Wildman–Crippen LogP) is 2.01. The number of rotatable bonds is 5. The van der Waals surface area contributed by atoms with E-state index in [1.165, 1.54) is 0 Å². The molecule has 1 heterocycles. The summed E-state index contributed by atoms with van der Waals surface area (Å²) in [5, 5.41) is 0.997. The third-order valence-corrected chi connectivity index (χ3v) is 3.46. The molecule has 0 aliphatic heterocycles. The smallest absolute Gasteiger partial charge is 0.264 e. The maximum absolute atomic E-state index is 11.1. The minimum atomic E-state index is -3.43. The molecule has 0 saturated carbocycles. The Balaban J connectivity index is 2.27. The van der Waals surface area contributed by atoms with Crippen LogP contribution in [0.25, 0.3) is 10.9 Å². The fraction of sp³-hybridized carbons (Fsp3) is 0.385. The van der Waals surface area contributed by atoms with Crippen LogP contribution < -0.4 is 4.74 Å². The van der Waals surface area contributed by atoms with Crippen molar-refractivity contribution in [2.75, 3.05) is 13.4 Å². The molecule has 0 bridgehead atoms. The molecule has 6 heteroatoms. The molecule has 5 nitrogen and oxygen atoms in total. The Hall–Kier alpha value is -1.53. The molecule has 2 aromatic rings. The van der Waals surface area contributed by atoms with E-state index in [1.807, 2.05) is 35.0 Å². The SMILES string of the molecule is COc1cccc2c1ccn2CC(C)OS(C)(=O)=O. The molecule has 1 atom stereocenters. The summed E-state index contributed by atoms with van der Waals surface area (Å²) in [7, 11) is -1.80. The minimum absolute atomic E-state index is 0.420. The van der Waals surface area contributed by atoms with Crippen molar-refractivity contribution in [2.24, 2.45) is 0 Å². The van der Waals surface area contributed by atoms with Crippen molar-refractivity contribution in [3.63, 3.8) is 0 Å². The molecule has 1 aromatic carbocycles. The predicted molar refractivity (Wildman–Crippen MR) is 73.9 cm³/mol. The van der Waals surface area contributed by atoms with E-state index in [1.54, 1.807) is 14.0 Å². The van der Waals surface area contributed by atoms with Gasteiger partial charge < -0.3 is 9.30 Å². The van der Waals surface area contributed by atoms with Gasteiger partial charge in [0.1, 0.15) is 5.75 Å². The second-order valence-corrected chi connectivity index (χ2v) is 6.07. The largest absolute Gasteiger partial charge is 0.496 e. The standard InChI is InChI=1S/C13H17NO4S/c1-10(18-19(3,15)16)9-14-8-7-11-12(14)5-4-6-13(11)17-2/h4-8,10H,9H2,1-3H3. The lowest BCUT2D eigenvalue weighted by molar-refractivity contribution is 0.211. The lowest BCUT2D eigenvalue weighted by Gasteiger charge is -2.13. The molecule has 0 saturated heterocycles. The van der Waals surface area contributed by atoms with Crippen LogP contribution in [0.3, 0.4) is 0 Å². The average molecular weight is 283 g/mol. The number of hydrogen-bond donors (Lipinski definition) is 0. The van der Waals surface area contributed by atoms with Gasteiger partial charge >= 0.3 is 0 Å². The molecule has 19 heavy (non-hydrogen) atoms. The Morgan fingerprint density at radius 2 is 2.05 bits per heavy atom. The first-order valence-corrected chi connectivity index (χ1v) is 7.72. The molecule has 2 rings (SSSR count). The van der Waals surface area contributed by atoms with E-state index in [9.17, 15) is 8.42 Å². The Labute approximate surface area is 112 Å². The number of aromatic nitrogens is 1. The second-order valence-electron chi connectivity index (χ2n) is 4.47.